The topological polar surface area (TPSA) is 134 Å². The van der Waals surface area contributed by atoms with Crippen molar-refractivity contribution < 1.29 is 37.6 Å². The molecule has 0 saturated carbocycles. The van der Waals surface area contributed by atoms with Gasteiger partial charge in [0.2, 0.25) is 0 Å². The maximum Gasteiger partial charge on any atom is 0.472 e. The highest BCUT2D eigenvalue weighted by Gasteiger charge is 2.25. The van der Waals surface area contributed by atoms with Crippen LogP contribution in [0.25, 0.3) is 0 Å². The summed E-state index contributed by atoms with van der Waals surface area (Å²) in [5, 5.41) is 0. The predicted octanol–water partition coefficient (Wildman–Crippen LogP) is 10.8. The molecule has 3 N–H and O–H groups in total. The number of nitrogens with two attached hydrogens (primary N) is 1. The summed E-state index contributed by atoms with van der Waals surface area (Å²) >= 11 is 0. The Balaban J connectivity index is 4.22. The van der Waals surface area contributed by atoms with Gasteiger partial charge < -0.3 is 20.1 Å². The second-order valence-corrected chi connectivity index (χ2v) is 14.2. The van der Waals surface area contributed by atoms with Gasteiger partial charge in [0.25, 0.3) is 0 Å². The van der Waals surface area contributed by atoms with E-state index in [1.165, 1.54) is 32.1 Å². The van der Waals surface area contributed by atoms with Gasteiger partial charge in [0.1, 0.15) is 6.61 Å². The van der Waals surface area contributed by atoms with E-state index in [9.17, 15) is 19.0 Å². The van der Waals surface area contributed by atoms with E-state index in [1.807, 2.05) is 0 Å². The van der Waals surface area contributed by atoms with Gasteiger partial charge in [0.05, 0.1) is 13.2 Å². The number of carbonyl (C=O) groups excluding carboxylic acids is 2. The lowest BCUT2D eigenvalue weighted by Crippen LogP contribution is -2.29. The van der Waals surface area contributed by atoms with Crippen LogP contribution < -0.4 is 5.73 Å². The smallest absolute Gasteiger partial charge is 0.462 e. The maximum absolute atomic E-state index is 12.5. The third kappa shape index (κ3) is 35.8. The molecule has 0 amide bonds. The zero-order valence-electron chi connectivity index (χ0n) is 31.6. The molecule has 0 aromatic carbocycles. The van der Waals surface area contributed by atoms with E-state index in [2.05, 4.69) is 62.5 Å². The standard InChI is InChI=1S/C40H72NO8P/c1-3-5-7-9-11-13-15-16-17-18-19-20-21-22-23-25-27-29-31-33-40(43)49-38(37-48-50(44,45)47-35-34-41)36-46-39(42)32-30-28-26-24-14-12-10-8-6-4-2/h8,10-11,13,16-17,19-20,38H,3-7,9,12,14-15,18,21-37,41H2,1-2H3,(H,44,45)/b10-8-,13-11-,17-16-,20-19-. The van der Waals surface area contributed by atoms with Crippen LogP contribution in [0.5, 0.6) is 0 Å². The molecule has 50 heavy (non-hydrogen) atoms. The molecule has 0 aromatic heterocycles. The second-order valence-electron chi connectivity index (χ2n) is 12.8. The number of ether oxygens (including phenoxy) is 2. The molecular weight excluding hydrogens is 653 g/mol. The van der Waals surface area contributed by atoms with E-state index in [4.69, 9.17) is 24.3 Å². The maximum atomic E-state index is 12.5. The zero-order valence-corrected chi connectivity index (χ0v) is 32.5. The number of hydrogen-bond acceptors (Lipinski definition) is 8. The summed E-state index contributed by atoms with van der Waals surface area (Å²) in [6.45, 7) is 3.59. The Hall–Kier alpha value is -2.03. The van der Waals surface area contributed by atoms with E-state index >= 15 is 0 Å². The van der Waals surface area contributed by atoms with Crippen molar-refractivity contribution in [1.82, 2.24) is 0 Å². The summed E-state index contributed by atoms with van der Waals surface area (Å²) in [6.07, 6.45) is 40.0. The largest absolute Gasteiger partial charge is 0.472 e. The first kappa shape index (κ1) is 48.0. The van der Waals surface area contributed by atoms with Gasteiger partial charge in [-0.2, -0.15) is 0 Å². The highest BCUT2D eigenvalue weighted by atomic mass is 31.2. The van der Waals surface area contributed by atoms with Gasteiger partial charge in [-0.05, 0) is 70.6 Å². The Morgan fingerprint density at radius 2 is 1.08 bits per heavy atom. The Morgan fingerprint density at radius 1 is 0.600 bits per heavy atom. The van der Waals surface area contributed by atoms with Gasteiger partial charge in [-0.15, -0.1) is 0 Å². The lowest BCUT2D eigenvalue weighted by Gasteiger charge is -2.19. The van der Waals surface area contributed by atoms with Crippen LogP contribution in [0.15, 0.2) is 48.6 Å². The highest BCUT2D eigenvalue weighted by Crippen LogP contribution is 2.43. The van der Waals surface area contributed by atoms with Crippen molar-refractivity contribution in [2.75, 3.05) is 26.4 Å². The lowest BCUT2D eigenvalue weighted by atomic mass is 10.1. The Labute approximate surface area is 305 Å². The summed E-state index contributed by atoms with van der Waals surface area (Å²) in [4.78, 5) is 34.7. The molecule has 0 aliphatic heterocycles. The zero-order chi connectivity index (χ0) is 36.8. The number of rotatable bonds is 36. The fourth-order valence-corrected chi connectivity index (χ4v) is 5.76. The van der Waals surface area contributed by atoms with Crippen molar-refractivity contribution in [1.29, 1.82) is 0 Å². The minimum Gasteiger partial charge on any atom is -0.462 e. The van der Waals surface area contributed by atoms with E-state index in [-0.39, 0.29) is 32.6 Å². The summed E-state index contributed by atoms with van der Waals surface area (Å²) in [5.41, 5.74) is 5.33. The Bertz CT molecular complexity index is 965. The highest BCUT2D eigenvalue weighted by molar-refractivity contribution is 7.47. The number of unbranched alkanes of at least 4 members (excludes halogenated alkanes) is 15. The summed E-state index contributed by atoms with van der Waals surface area (Å²) in [6, 6.07) is 0. The molecule has 10 heteroatoms. The van der Waals surface area contributed by atoms with Crippen LogP contribution in [0.3, 0.4) is 0 Å². The first-order valence-electron chi connectivity index (χ1n) is 19.6. The molecular formula is C40H72NO8P. The minimum absolute atomic E-state index is 0.0482. The molecule has 0 fully saturated rings. The number of phosphoric acid groups is 1. The molecule has 0 saturated heterocycles. The summed E-state index contributed by atoms with van der Waals surface area (Å²) < 4.78 is 32.6. The number of hydrogen-bond donors (Lipinski definition) is 2. The number of phosphoric ester groups is 1. The van der Waals surface area contributed by atoms with E-state index < -0.39 is 32.5 Å². The molecule has 9 nitrogen and oxygen atoms in total. The van der Waals surface area contributed by atoms with E-state index in [0.29, 0.717) is 6.42 Å². The van der Waals surface area contributed by atoms with Crippen molar-refractivity contribution in [2.45, 2.75) is 168 Å². The molecule has 0 rings (SSSR count). The van der Waals surface area contributed by atoms with Crippen LogP contribution in [0.2, 0.25) is 0 Å². The van der Waals surface area contributed by atoms with Gasteiger partial charge in [-0.25, -0.2) is 4.57 Å². The van der Waals surface area contributed by atoms with Crippen LogP contribution in [-0.4, -0.2) is 49.3 Å². The third-order valence-corrected chi connectivity index (χ3v) is 8.90. The SMILES string of the molecule is CCC/C=C\CCCCCCCC(=O)OCC(COP(=O)(O)OCCN)OC(=O)CCCCCCCC/C=C\C/C=C\C/C=C\CCCCC. The molecule has 0 radical (unpaired) electrons. The van der Waals surface area contributed by atoms with Crippen LogP contribution >= 0.6 is 7.82 Å². The molecule has 0 spiro atoms. The quantitative estimate of drug-likeness (QED) is 0.0280. The third-order valence-electron chi connectivity index (χ3n) is 7.92. The fourth-order valence-electron chi connectivity index (χ4n) is 4.99. The Morgan fingerprint density at radius 3 is 1.64 bits per heavy atom. The number of esters is 2. The van der Waals surface area contributed by atoms with Crippen LogP contribution in [0, 0.1) is 0 Å². The normalized spacial score (nSPS) is 13.9. The second kappa shape index (κ2) is 36.8. The van der Waals surface area contributed by atoms with Crippen molar-refractivity contribution in [3.05, 3.63) is 48.6 Å². The minimum atomic E-state index is -4.38. The average molecular weight is 726 g/mol. The van der Waals surface area contributed by atoms with Gasteiger partial charge in [-0.1, -0.05) is 127 Å². The average Bonchev–Trinajstić information content (AvgIpc) is 3.10. The summed E-state index contributed by atoms with van der Waals surface area (Å²) in [5.74, 6) is -0.860. The first-order chi connectivity index (χ1) is 24.3. The van der Waals surface area contributed by atoms with Crippen LogP contribution in [-0.2, 0) is 32.7 Å². The van der Waals surface area contributed by atoms with E-state index in [1.54, 1.807) is 0 Å². The van der Waals surface area contributed by atoms with Crippen molar-refractivity contribution in [2.24, 2.45) is 5.73 Å². The first-order valence-corrected chi connectivity index (χ1v) is 21.1. The monoisotopic (exact) mass is 725 g/mol. The van der Waals surface area contributed by atoms with Crippen molar-refractivity contribution >= 4 is 19.8 Å². The molecule has 0 aromatic rings. The number of allylic oxidation sites excluding steroid dienone is 8. The van der Waals surface area contributed by atoms with Gasteiger partial charge in [-0.3, -0.25) is 18.6 Å². The molecule has 0 bridgehead atoms. The molecule has 0 heterocycles. The molecule has 2 unspecified atom stereocenters. The summed E-state index contributed by atoms with van der Waals surface area (Å²) in [7, 11) is -4.38. The fraction of sp³-hybridized carbons (Fsp3) is 0.750. The van der Waals surface area contributed by atoms with Crippen LogP contribution in [0.1, 0.15) is 162 Å². The van der Waals surface area contributed by atoms with Gasteiger partial charge in [0.15, 0.2) is 6.10 Å². The molecule has 290 valence electrons. The van der Waals surface area contributed by atoms with E-state index in [0.717, 1.165) is 96.3 Å². The van der Waals surface area contributed by atoms with Crippen molar-refractivity contribution in [3.8, 4) is 0 Å². The van der Waals surface area contributed by atoms with Gasteiger partial charge >= 0.3 is 19.8 Å². The lowest BCUT2D eigenvalue weighted by molar-refractivity contribution is -0.161. The predicted molar refractivity (Wildman–Crippen MR) is 206 cm³/mol. The number of carbonyl (C=O) groups is 2. The molecule has 0 aliphatic rings. The van der Waals surface area contributed by atoms with Crippen LogP contribution in [0.4, 0.5) is 0 Å². The Kier molecular flexibility index (Phi) is 35.3. The molecule has 0 aliphatic carbocycles. The van der Waals surface area contributed by atoms with Crippen molar-refractivity contribution in [3.63, 3.8) is 0 Å². The van der Waals surface area contributed by atoms with Gasteiger partial charge in [0, 0.05) is 19.4 Å². The molecule has 2 atom stereocenters.